The Hall–Kier alpha value is -1.69. The summed E-state index contributed by atoms with van der Waals surface area (Å²) in [5, 5.41) is 2.78. The van der Waals surface area contributed by atoms with Crippen LogP contribution in [0.2, 0.25) is 0 Å². The van der Waals surface area contributed by atoms with E-state index in [9.17, 15) is 14.4 Å². The fourth-order valence-corrected chi connectivity index (χ4v) is 0.995. The summed E-state index contributed by atoms with van der Waals surface area (Å²) in [6.45, 7) is 2.29. The molecular formula is C9H12N2O4. The van der Waals surface area contributed by atoms with Crippen LogP contribution in [0.25, 0.3) is 0 Å². The van der Waals surface area contributed by atoms with Crippen molar-refractivity contribution in [3.8, 4) is 0 Å². The van der Waals surface area contributed by atoms with Crippen LogP contribution in [0.1, 0.15) is 6.92 Å². The highest BCUT2D eigenvalue weighted by molar-refractivity contribution is 6.14. The first-order chi connectivity index (χ1) is 7.15. The molecule has 0 aromatic carbocycles. The summed E-state index contributed by atoms with van der Waals surface area (Å²) in [4.78, 5) is 34.0. The minimum Gasteiger partial charge on any atom is -0.448 e. The standard InChI is InChI=1S/C9H12N2O4/c1-2-10-6-15-9(14)5-11-7(12)3-4-8(11)13/h3-4,10H,2,5-6H2,1H3. The lowest BCUT2D eigenvalue weighted by Crippen LogP contribution is -2.36. The summed E-state index contributed by atoms with van der Waals surface area (Å²) in [7, 11) is 0. The third-order valence-electron chi connectivity index (χ3n) is 1.77. The lowest BCUT2D eigenvalue weighted by atomic mass is 10.5. The first-order valence-corrected chi connectivity index (χ1v) is 4.55. The molecule has 15 heavy (non-hydrogen) atoms. The Balaban J connectivity index is 2.32. The van der Waals surface area contributed by atoms with Crippen molar-refractivity contribution in [3.63, 3.8) is 0 Å². The highest BCUT2D eigenvalue weighted by Crippen LogP contribution is 2.02. The summed E-state index contributed by atoms with van der Waals surface area (Å²) >= 11 is 0. The van der Waals surface area contributed by atoms with Gasteiger partial charge in [-0.05, 0) is 6.54 Å². The second kappa shape index (κ2) is 5.26. The molecule has 1 heterocycles. The molecule has 0 fully saturated rings. The number of nitrogens with one attached hydrogen (secondary N) is 1. The van der Waals surface area contributed by atoms with E-state index in [4.69, 9.17) is 4.74 Å². The van der Waals surface area contributed by atoms with Crippen molar-refractivity contribution in [1.82, 2.24) is 10.2 Å². The molecule has 0 bridgehead atoms. The number of nitrogens with zero attached hydrogens (tertiary/aromatic N) is 1. The summed E-state index contributed by atoms with van der Waals surface area (Å²) in [5.74, 6) is -1.58. The first kappa shape index (κ1) is 11.4. The number of imide groups is 1. The van der Waals surface area contributed by atoms with Crippen LogP contribution in [-0.2, 0) is 19.1 Å². The predicted octanol–water partition coefficient (Wildman–Crippen LogP) is -0.978. The third-order valence-corrected chi connectivity index (χ3v) is 1.77. The fourth-order valence-electron chi connectivity index (χ4n) is 0.995. The zero-order valence-electron chi connectivity index (χ0n) is 8.36. The van der Waals surface area contributed by atoms with E-state index in [2.05, 4.69) is 5.32 Å². The lowest BCUT2D eigenvalue weighted by molar-refractivity contribution is -0.152. The smallest absolute Gasteiger partial charge is 0.327 e. The number of esters is 1. The van der Waals surface area contributed by atoms with Gasteiger partial charge in [0, 0.05) is 12.2 Å². The molecule has 0 saturated heterocycles. The Bertz CT molecular complexity index is 293. The number of carbonyl (C=O) groups is 3. The van der Waals surface area contributed by atoms with Gasteiger partial charge in [0.15, 0.2) is 0 Å². The zero-order valence-corrected chi connectivity index (χ0v) is 8.36. The average Bonchev–Trinajstić information content (AvgIpc) is 2.50. The third kappa shape index (κ3) is 3.17. The molecule has 0 radical (unpaired) electrons. The molecule has 0 aromatic heterocycles. The second-order valence-electron chi connectivity index (χ2n) is 2.86. The molecule has 0 aliphatic carbocycles. The Morgan fingerprint density at radius 2 is 2.00 bits per heavy atom. The van der Waals surface area contributed by atoms with E-state index in [0.717, 1.165) is 17.1 Å². The number of hydrogen-bond acceptors (Lipinski definition) is 5. The van der Waals surface area contributed by atoms with Gasteiger partial charge < -0.3 is 4.74 Å². The maximum absolute atomic E-state index is 11.1. The van der Waals surface area contributed by atoms with Crippen molar-refractivity contribution in [2.75, 3.05) is 19.8 Å². The Morgan fingerprint density at radius 1 is 1.40 bits per heavy atom. The van der Waals surface area contributed by atoms with Crippen molar-refractivity contribution in [3.05, 3.63) is 12.2 Å². The topological polar surface area (TPSA) is 75.7 Å². The van der Waals surface area contributed by atoms with Gasteiger partial charge in [-0.2, -0.15) is 0 Å². The maximum atomic E-state index is 11.1. The second-order valence-corrected chi connectivity index (χ2v) is 2.86. The van der Waals surface area contributed by atoms with E-state index in [0.29, 0.717) is 6.54 Å². The Labute approximate surface area is 86.9 Å². The molecule has 0 spiro atoms. The molecule has 82 valence electrons. The van der Waals surface area contributed by atoms with Crippen molar-refractivity contribution in [2.24, 2.45) is 0 Å². The summed E-state index contributed by atoms with van der Waals surface area (Å²) in [6, 6.07) is 0. The Morgan fingerprint density at radius 3 is 2.53 bits per heavy atom. The van der Waals surface area contributed by atoms with Gasteiger partial charge in [0.1, 0.15) is 13.3 Å². The Kier molecular flexibility index (Phi) is 3.99. The van der Waals surface area contributed by atoms with E-state index >= 15 is 0 Å². The normalized spacial score (nSPS) is 14.9. The van der Waals surface area contributed by atoms with Crippen molar-refractivity contribution >= 4 is 17.8 Å². The van der Waals surface area contributed by atoms with E-state index in [1.165, 1.54) is 0 Å². The highest BCUT2D eigenvalue weighted by Gasteiger charge is 2.25. The minimum absolute atomic E-state index is 0.0823. The maximum Gasteiger partial charge on any atom is 0.327 e. The molecule has 6 heteroatoms. The summed E-state index contributed by atoms with van der Waals surface area (Å²) in [6.07, 6.45) is 2.25. The summed E-state index contributed by atoms with van der Waals surface area (Å²) in [5.41, 5.74) is 0. The van der Waals surface area contributed by atoms with Crippen LogP contribution in [0.5, 0.6) is 0 Å². The van der Waals surface area contributed by atoms with Crippen LogP contribution in [-0.4, -0.2) is 42.5 Å². The molecule has 0 saturated carbocycles. The molecule has 1 aliphatic rings. The van der Waals surface area contributed by atoms with Crippen LogP contribution >= 0.6 is 0 Å². The van der Waals surface area contributed by atoms with Gasteiger partial charge in [-0.25, -0.2) is 0 Å². The number of ether oxygens (including phenoxy) is 1. The van der Waals surface area contributed by atoms with Gasteiger partial charge >= 0.3 is 5.97 Å². The molecule has 2 amide bonds. The first-order valence-electron chi connectivity index (χ1n) is 4.55. The fraction of sp³-hybridized carbons (Fsp3) is 0.444. The number of carbonyl (C=O) groups excluding carboxylic acids is 3. The SMILES string of the molecule is CCNCOC(=O)CN1C(=O)C=CC1=O. The summed E-state index contributed by atoms with van der Waals surface area (Å²) < 4.78 is 4.72. The molecule has 0 aromatic rings. The van der Waals surface area contributed by atoms with Crippen LogP contribution < -0.4 is 5.32 Å². The molecule has 1 rings (SSSR count). The quantitative estimate of drug-likeness (QED) is 0.274. The molecular weight excluding hydrogens is 200 g/mol. The molecule has 6 nitrogen and oxygen atoms in total. The monoisotopic (exact) mass is 212 g/mol. The molecule has 1 aliphatic heterocycles. The van der Waals surface area contributed by atoms with Crippen molar-refractivity contribution in [1.29, 1.82) is 0 Å². The van der Waals surface area contributed by atoms with E-state index in [-0.39, 0.29) is 13.3 Å². The van der Waals surface area contributed by atoms with Gasteiger partial charge in [-0.3, -0.25) is 24.6 Å². The van der Waals surface area contributed by atoms with Crippen molar-refractivity contribution in [2.45, 2.75) is 6.92 Å². The number of rotatable bonds is 5. The van der Waals surface area contributed by atoms with Crippen LogP contribution in [0, 0.1) is 0 Å². The number of amides is 2. The largest absolute Gasteiger partial charge is 0.448 e. The average molecular weight is 212 g/mol. The van der Waals surface area contributed by atoms with Crippen molar-refractivity contribution < 1.29 is 19.1 Å². The zero-order chi connectivity index (χ0) is 11.3. The van der Waals surface area contributed by atoms with Gasteiger partial charge in [0.25, 0.3) is 11.8 Å². The van der Waals surface area contributed by atoms with Gasteiger partial charge in [0.05, 0.1) is 0 Å². The van der Waals surface area contributed by atoms with E-state index in [1.807, 2.05) is 6.92 Å². The van der Waals surface area contributed by atoms with Crippen LogP contribution in [0.3, 0.4) is 0 Å². The van der Waals surface area contributed by atoms with Crippen LogP contribution in [0.4, 0.5) is 0 Å². The van der Waals surface area contributed by atoms with Crippen LogP contribution in [0.15, 0.2) is 12.2 Å². The van der Waals surface area contributed by atoms with Gasteiger partial charge in [0.2, 0.25) is 0 Å². The highest BCUT2D eigenvalue weighted by atomic mass is 16.5. The van der Waals surface area contributed by atoms with E-state index < -0.39 is 17.8 Å². The van der Waals surface area contributed by atoms with Gasteiger partial charge in [-0.15, -0.1) is 0 Å². The minimum atomic E-state index is -0.610. The lowest BCUT2D eigenvalue weighted by Gasteiger charge is -2.12. The molecule has 1 N–H and O–H groups in total. The van der Waals surface area contributed by atoms with Gasteiger partial charge in [-0.1, -0.05) is 6.92 Å². The molecule has 0 atom stereocenters. The van der Waals surface area contributed by atoms with E-state index in [1.54, 1.807) is 0 Å². The number of hydrogen-bond donors (Lipinski definition) is 1. The molecule has 0 unspecified atom stereocenters. The predicted molar refractivity (Wildman–Crippen MR) is 50.5 cm³/mol.